The van der Waals surface area contributed by atoms with E-state index in [-0.39, 0.29) is 25.9 Å². The number of hydrogen-bond donors (Lipinski definition) is 3. The second-order valence-corrected chi connectivity index (χ2v) is 5.96. The van der Waals surface area contributed by atoms with E-state index in [2.05, 4.69) is 28.8 Å². The SMILES string of the molecule is OCCN(CCO)C(CO)Cn1c2ccccc2c2ccccc21. The summed E-state index contributed by atoms with van der Waals surface area (Å²) in [4.78, 5) is 1.93. The summed E-state index contributed by atoms with van der Waals surface area (Å²) in [6, 6.07) is 16.3. The van der Waals surface area contributed by atoms with Gasteiger partial charge in [0.25, 0.3) is 0 Å². The van der Waals surface area contributed by atoms with Crippen LogP contribution >= 0.6 is 0 Å². The molecule has 0 saturated carbocycles. The van der Waals surface area contributed by atoms with E-state index in [1.165, 1.54) is 10.8 Å². The van der Waals surface area contributed by atoms with Crippen LogP contribution in [0.3, 0.4) is 0 Å². The molecule has 3 rings (SSSR count). The molecule has 1 unspecified atom stereocenters. The Kier molecular flexibility index (Phi) is 5.48. The van der Waals surface area contributed by atoms with E-state index < -0.39 is 0 Å². The minimum absolute atomic E-state index is 0.00364. The summed E-state index contributed by atoms with van der Waals surface area (Å²) < 4.78 is 2.22. The van der Waals surface area contributed by atoms with Gasteiger partial charge in [-0.05, 0) is 12.1 Å². The second kappa shape index (κ2) is 7.77. The van der Waals surface area contributed by atoms with Crippen molar-refractivity contribution < 1.29 is 15.3 Å². The average Bonchev–Trinajstić information content (AvgIpc) is 2.94. The molecular formula is C19H24N2O3. The van der Waals surface area contributed by atoms with E-state index in [4.69, 9.17) is 0 Å². The number of nitrogens with zero attached hydrogens (tertiary/aromatic N) is 2. The van der Waals surface area contributed by atoms with Crippen LogP contribution in [-0.2, 0) is 6.54 Å². The first-order chi connectivity index (χ1) is 11.8. The third-order valence-corrected chi connectivity index (χ3v) is 4.57. The van der Waals surface area contributed by atoms with Gasteiger partial charge in [0.15, 0.2) is 0 Å². The van der Waals surface area contributed by atoms with Gasteiger partial charge in [-0.3, -0.25) is 4.90 Å². The number of aliphatic hydroxyl groups excluding tert-OH is 3. The van der Waals surface area contributed by atoms with Crippen LogP contribution in [0.15, 0.2) is 48.5 Å². The summed E-state index contributed by atoms with van der Waals surface area (Å²) in [5, 5.41) is 30.8. The quantitative estimate of drug-likeness (QED) is 0.585. The minimum atomic E-state index is -0.163. The highest BCUT2D eigenvalue weighted by atomic mass is 16.3. The lowest BCUT2D eigenvalue weighted by atomic mass is 10.2. The molecule has 5 nitrogen and oxygen atoms in total. The first-order valence-corrected chi connectivity index (χ1v) is 8.32. The number of benzene rings is 2. The van der Waals surface area contributed by atoms with Gasteiger partial charge >= 0.3 is 0 Å². The van der Waals surface area contributed by atoms with Gasteiger partial charge in [0.1, 0.15) is 0 Å². The molecule has 128 valence electrons. The minimum Gasteiger partial charge on any atom is -0.395 e. The van der Waals surface area contributed by atoms with E-state index in [1.807, 2.05) is 29.2 Å². The number of fused-ring (bicyclic) bond motifs is 3. The highest BCUT2D eigenvalue weighted by Crippen LogP contribution is 2.29. The van der Waals surface area contributed by atoms with E-state index in [1.54, 1.807) is 0 Å². The monoisotopic (exact) mass is 328 g/mol. The predicted octanol–water partition coefficient (Wildman–Crippen LogP) is 1.44. The Morgan fingerprint density at radius 2 is 1.29 bits per heavy atom. The fraction of sp³-hybridized carbons (Fsp3) is 0.368. The summed E-state index contributed by atoms with van der Waals surface area (Å²) in [5.41, 5.74) is 2.26. The molecular weight excluding hydrogens is 304 g/mol. The third-order valence-electron chi connectivity index (χ3n) is 4.57. The lowest BCUT2D eigenvalue weighted by molar-refractivity contribution is 0.0762. The zero-order valence-corrected chi connectivity index (χ0v) is 13.7. The molecule has 24 heavy (non-hydrogen) atoms. The van der Waals surface area contributed by atoms with Crippen LogP contribution in [0.4, 0.5) is 0 Å². The maximum absolute atomic E-state index is 9.87. The van der Waals surface area contributed by atoms with Gasteiger partial charge in [-0.25, -0.2) is 0 Å². The number of aromatic nitrogens is 1. The first-order valence-electron chi connectivity index (χ1n) is 8.32. The standard InChI is InChI=1S/C19H24N2O3/c22-11-9-20(10-12-23)15(14-24)13-21-18-7-3-1-5-16(18)17-6-2-4-8-19(17)21/h1-8,15,22-24H,9-14H2. The smallest absolute Gasteiger partial charge is 0.0604 e. The molecule has 2 aromatic carbocycles. The summed E-state index contributed by atoms with van der Waals surface area (Å²) >= 11 is 0. The zero-order chi connectivity index (χ0) is 16.9. The van der Waals surface area contributed by atoms with Crippen molar-refractivity contribution in [1.82, 2.24) is 9.47 Å². The molecule has 0 saturated heterocycles. The fourth-order valence-corrected chi connectivity index (χ4v) is 3.43. The van der Waals surface area contributed by atoms with Crippen LogP contribution in [0, 0.1) is 0 Å². The Morgan fingerprint density at radius 3 is 1.75 bits per heavy atom. The number of para-hydroxylation sites is 2. The maximum atomic E-state index is 9.87. The summed E-state index contributed by atoms with van der Waals surface area (Å²) in [6.07, 6.45) is 0. The molecule has 0 bridgehead atoms. The Hall–Kier alpha value is -1.92. The van der Waals surface area contributed by atoms with Crippen LogP contribution in [0.1, 0.15) is 0 Å². The van der Waals surface area contributed by atoms with Gasteiger partial charge in [-0.2, -0.15) is 0 Å². The third kappa shape index (κ3) is 3.16. The topological polar surface area (TPSA) is 68.9 Å². The Morgan fingerprint density at radius 1 is 0.792 bits per heavy atom. The van der Waals surface area contributed by atoms with E-state index in [9.17, 15) is 15.3 Å². The molecule has 0 amide bonds. The molecule has 0 spiro atoms. The van der Waals surface area contributed by atoms with Crippen molar-refractivity contribution in [1.29, 1.82) is 0 Å². The molecule has 3 N–H and O–H groups in total. The molecule has 0 radical (unpaired) electrons. The highest BCUT2D eigenvalue weighted by molar-refractivity contribution is 6.07. The van der Waals surface area contributed by atoms with Crippen LogP contribution in [0.5, 0.6) is 0 Å². The van der Waals surface area contributed by atoms with Crippen molar-refractivity contribution in [2.45, 2.75) is 12.6 Å². The number of rotatable bonds is 8. The molecule has 1 heterocycles. The van der Waals surface area contributed by atoms with E-state index in [0.717, 1.165) is 11.0 Å². The normalized spacial score (nSPS) is 13.2. The van der Waals surface area contributed by atoms with Crippen molar-refractivity contribution in [2.75, 3.05) is 32.9 Å². The van der Waals surface area contributed by atoms with Crippen molar-refractivity contribution in [3.63, 3.8) is 0 Å². The number of aliphatic hydroxyl groups is 3. The molecule has 0 aliphatic carbocycles. The van der Waals surface area contributed by atoms with Crippen LogP contribution in [-0.4, -0.2) is 63.7 Å². The lowest BCUT2D eigenvalue weighted by Crippen LogP contribution is -2.44. The Bertz CT molecular complexity index is 740. The Labute approximate surface area is 141 Å². The zero-order valence-electron chi connectivity index (χ0n) is 13.7. The van der Waals surface area contributed by atoms with Gasteiger partial charge in [-0.15, -0.1) is 0 Å². The molecule has 1 atom stereocenters. The van der Waals surface area contributed by atoms with Gasteiger partial charge in [0.2, 0.25) is 0 Å². The second-order valence-electron chi connectivity index (χ2n) is 5.96. The first kappa shape index (κ1) is 16.9. The van der Waals surface area contributed by atoms with E-state index in [0.29, 0.717) is 19.6 Å². The van der Waals surface area contributed by atoms with Gasteiger partial charge in [0, 0.05) is 41.4 Å². The van der Waals surface area contributed by atoms with Crippen LogP contribution < -0.4 is 0 Å². The molecule has 0 fully saturated rings. The van der Waals surface area contributed by atoms with Gasteiger partial charge < -0.3 is 19.9 Å². The van der Waals surface area contributed by atoms with Crippen molar-refractivity contribution >= 4 is 21.8 Å². The number of hydrogen-bond acceptors (Lipinski definition) is 4. The van der Waals surface area contributed by atoms with Crippen molar-refractivity contribution in [3.05, 3.63) is 48.5 Å². The molecule has 3 aromatic rings. The molecule has 1 aromatic heterocycles. The van der Waals surface area contributed by atoms with Gasteiger partial charge in [0.05, 0.1) is 25.9 Å². The van der Waals surface area contributed by atoms with Gasteiger partial charge in [-0.1, -0.05) is 36.4 Å². The summed E-state index contributed by atoms with van der Waals surface area (Å²) in [5.74, 6) is 0. The van der Waals surface area contributed by atoms with Crippen LogP contribution in [0.2, 0.25) is 0 Å². The Balaban J connectivity index is 2.03. The molecule has 0 aliphatic rings. The van der Waals surface area contributed by atoms with Crippen LogP contribution in [0.25, 0.3) is 21.8 Å². The predicted molar refractivity (Wildman–Crippen MR) is 96.1 cm³/mol. The highest BCUT2D eigenvalue weighted by Gasteiger charge is 2.20. The maximum Gasteiger partial charge on any atom is 0.0604 e. The van der Waals surface area contributed by atoms with E-state index >= 15 is 0 Å². The summed E-state index contributed by atoms with van der Waals surface area (Å²) in [6.45, 7) is 1.45. The van der Waals surface area contributed by atoms with Crippen molar-refractivity contribution in [2.24, 2.45) is 0 Å². The van der Waals surface area contributed by atoms with Crippen molar-refractivity contribution in [3.8, 4) is 0 Å². The molecule has 0 aliphatic heterocycles. The average molecular weight is 328 g/mol. The lowest BCUT2D eigenvalue weighted by Gasteiger charge is -2.30. The summed E-state index contributed by atoms with van der Waals surface area (Å²) in [7, 11) is 0. The fourth-order valence-electron chi connectivity index (χ4n) is 3.43. The largest absolute Gasteiger partial charge is 0.395 e. The molecule has 5 heteroatoms.